The van der Waals surface area contributed by atoms with Gasteiger partial charge < -0.3 is 0 Å². The van der Waals surface area contributed by atoms with E-state index in [1.807, 2.05) is 0 Å². The predicted octanol–water partition coefficient (Wildman–Crippen LogP) is -1.78. The molecule has 0 aliphatic carbocycles. The summed E-state index contributed by atoms with van der Waals surface area (Å²) in [6.07, 6.45) is 4.84. The summed E-state index contributed by atoms with van der Waals surface area (Å²) < 4.78 is 54.6. The van der Waals surface area contributed by atoms with Crippen LogP contribution in [0, 0.1) is 10.2 Å². The summed E-state index contributed by atoms with van der Waals surface area (Å²) in [6.45, 7) is 4.94. The molecule has 1 unspecified atom stereocenters. The molecule has 0 saturated heterocycles. The number of sulfone groups is 1. The van der Waals surface area contributed by atoms with Crippen LogP contribution in [0.3, 0.4) is 0 Å². The fraction of sp³-hybridized carbons (Fsp3) is 0.900. The van der Waals surface area contributed by atoms with Crippen molar-refractivity contribution in [1.82, 2.24) is 0 Å². The minimum atomic E-state index is -4.19. The average Bonchev–Trinajstić information content (AvgIpc) is 2.12. The van der Waals surface area contributed by atoms with Crippen molar-refractivity contribution in [2.45, 2.75) is 39.2 Å². The summed E-state index contributed by atoms with van der Waals surface area (Å²) in [7, 11) is -7.02. The number of hydrogen-bond donors (Lipinski definition) is 3. The summed E-state index contributed by atoms with van der Waals surface area (Å²) in [5, 5.41) is 0. The molecule has 0 bridgehead atoms. The third kappa shape index (κ3) is 11.3. The molecule has 0 aromatic carbocycles. The first-order valence-electron chi connectivity index (χ1n) is 5.83. The van der Waals surface area contributed by atoms with Crippen LogP contribution in [0.25, 0.3) is 0 Å². The molecule has 0 aromatic rings. The van der Waals surface area contributed by atoms with E-state index < -0.39 is 20.1 Å². The number of hydrogen-bond acceptors (Lipinski definition) is 6. The summed E-state index contributed by atoms with van der Waals surface area (Å²) >= 11 is 0. The van der Waals surface area contributed by atoms with Gasteiger partial charge in [-0.3, -0.25) is 0 Å². The van der Waals surface area contributed by atoms with Gasteiger partial charge in [-0.2, -0.15) is 0 Å². The minimum absolute atomic E-state index is 0.272. The Bertz CT molecular complexity index is 408. The van der Waals surface area contributed by atoms with Crippen LogP contribution in [-0.2, 0) is 9.84 Å². The van der Waals surface area contributed by atoms with Gasteiger partial charge in [0.15, 0.2) is 16.4 Å². The Labute approximate surface area is 115 Å². The number of halogens is 1. The van der Waals surface area contributed by atoms with E-state index in [-0.39, 0.29) is 5.75 Å². The zero-order valence-electron chi connectivity index (χ0n) is 11.4. The Morgan fingerprint density at radius 3 is 2.26 bits per heavy atom. The van der Waals surface area contributed by atoms with Crippen molar-refractivity contribution in [3.8, 4) is 0 Å². The van der Waals surface area contributed by atoms with E-state index in [9.17, 15) is 8.42 Å². The van der Waals surface area contributed by atoms with E-state index in [1.165, 1.54) is 24.8 Å². The molecule has 9 heteroatoms. The van der Waals surface area contributed by atoms with E-state index in [0.29, 0.717) is 12.6 Å². The van der Waals surface area contributed by atoms with Gasteiger partial charge in [-0.1, -0.05) is 0 Å². The first kappa shape index (κ1) is 18.8. The summed E-state index contributed by atoms with van der Waals surface area (Å²) in [5.41, 5.74) is 1.34. The molecule has 1 aliphatic rings. The molecule has 0 fully saturated rings. The topological polar surface area (TPSA) is 121 Å². The quantitative estimate of drug-likeness (QED) is 0.528. The van der Waals surface area contributed by atoms with Crippen molar-refractivity contribution >= 4 is 15.5 Å². The summed E-state index contributed by atoms with van der Waals surface area (Å²) in [4.78, 5) is 0. The summed E-state index contributed by atoms with van der Waals surface area (Å²) in [5.74, 6) is 0.272. The second-order valence-corrected chi connectivity index (χ2v) is 7.86. The zero-order valence-corrected chi connectivity index (χ0v) is 13.0. The molecule has 0 saturated carbocycles. The van der Waals surface area contributed by atoms with E-state index >= 15 is 0 Å². The fourth-order valence-electron chi connectivity index (χ4n) is 2.00. The van der Waals surface area contributed by atoms with Gasteiger partial charge in [0.05, 0.1) is 0 Å². The molecule has 1 heterocycles. The average molecular weight is 321 g/mol. The molecule has 1 atom stereocenters. The number of nitrogens with zero attached hydrogens (tertiary/aromatic N) is 1. The molecular formula is C10H23ClNO6S+. The van der Waals surface area contributed by atoms with Crippen molar-refractivity contribution < 1.29 is 41.9 Å². The molecule has 1 aliphatic heterocycles. The van der Waals surface area contributed by atoms with Gasteiger partial charge in [0.1, 0.15) is 17.5 Å². The molecule has 7 nitrogen and oxygen atoms in total. The molecule has 0 radical (unpaired) electrons. The van der Waals surface area contributed by atoms with Crippen molar-refractivity contribution in [3.63, 3.8) is 0 Å². The molecule has 0 amide bonds. The second kappa shape index (κ2) is 7.51. The third-order valence-corrected chi connectivity index (χ3v) is 3.81. The van der Waals surface area contributed by atoms with Gasteiger partial charge >= 0.3 is 28.9 Å². The van der Waals surface area contributed by atoms with Crippen LogP contribution >= 0.6 is 0 Å². The van der Waals surface area contributed by atoms with Crippen LogP contribution in [0.4, 0.5) is 0 Å². The molecule has 3 N–H and O–H groups in total. The van der Waals surface area contributed by atoms with Crippen molar-refractivity contribution in [2.75, 3.05) is 18.6 Å². The van der Waals surface area contributed by atoms with Crippen LogP contribution in [0.5, 0.6) is 0 Å². The van der Waals surface area contributed by atoms with Crippen LogP contribution in [0.1, 0.15) is 33.1 Å². The monoisotopic (exact) mass is 320 g/mol. The maximum atomic E-state index is 11.1. The first-order chi connectivity index (χ1) is 8.40. The zero-order chi connectivity index (χ0) is 15.3. The van der Waals surface area contributed by atoms with Crippen molar-refractivity contribution in [1.29, 1.82) is 0 Å². The van der Waals surface area contributed by atoms with E-state index in [4.69, 9.17) is 18.6 Å². The normalized spacial score (nSPS) is 21.7. The first-order valence-corrected chi connectivity index (χ1v) is 9.21. The Balaban J connectivity index is 0.000000555. The molecule has 116 valence electrons. The van der Waals surface area contributed by atoms with Gasteiger partial charge in [-0.15, -0.1) is 0 Å². The maximum absolute atomic E-state index is 11.1. The van der Waals surface area contributed by atoms with Gasteiger partial charge in [-0.05, 0) is 13.3 Å². The standard InChI is InChI=1S/C10H20NO2S.ClH3O4/c1-9-5-4-6-10(2)11(9)7-8-14(3,12)13;2-1(3,4)5/h9H,4-8H2,1-3H3;2-4H/q+1;. The molecule has 1 rings (SSSR count). The fourth-order valence-corrected chi connectivity index (χ4v) is 2.53. The Kier molecular flexibility index (Phi) is 7.41. The van der Waals surface area contributed by atoms with Gasteiger partial charge in [0, 0.05) is 26.0 Å². The third-order valence-electron chi connectivity index (χ3n) is 2.89. The summed E-state index contributed by atoms with van der Waals surface area (Å²) in [6, 6.07) is 0.505. The van der Waals surface area contributed by atoms with Crippen LogP contribution in [0.2, 0.25) is 0 Å². The van der Waals surface area contributed by atoms with E-state index in [2.05, 4.69) is 18.4 Å². The SMILES string of the molecule is CC1=[N+](CCS(C)(=O)=O)C(C)CCC1.[O-][Cl+](O)(O)O. The van der Waals surface area contributed by atoms with E-state index in [0.717, 1.165) is 6.42 Å². The van der Waals surface area contributed by atoms with E-state index in [1.54, 1.807) is 0 Å². The molecular weight excluding hydrogens is 298 g/mol. The van der Waals surface area contributed by atoms with Crippen molar-refractivity contribution in [2.24, 2.45) is 0 Å². The van der Waals surface area contributed by atoms with Crippen LogP contribution in [0.15, 0.2) is 0 Å². The van der Waals surface area contributed by atoms with Gasteiger partial charge in [-0.25, -0.2) is 13.0 Å². The predicted molar refractivity (Wildman–Crippen MR) is 65.5 cm³/mol. The Morgan fingerprint density at radius 2 is 1.89 bits per heavy atom. The van der Waals surface area contributed by atoms with Crippen LogP contribution < -0.4 is 4.66 Å². The van der Waals surface area contributed by atoms with Crippen LogP contribution in [-0.4, -0.2) is 57.3 Å². The molecule has 0 spiro atoms. The Morgan fingerprint density at radius 1 is 1.42 bits per heavy atom. The second-order valence-electron chi connectivity index (χ2n) is 4.73. The van der Waals surface area contributed by atoms with Crippen molar-refractivity contribution in [3.05, 3.63) is 0 Å². The molecule has 19 heavy (non-hydrogen) atoms. The molecule has 0 aromatic heterocycles. The Hall–Kier alpha value is -0.250. The van der Waals surface area contributed by atoms with Gasteiger partial charge in [0.25, 0.3) is 0 Å². The number of rotatable bonds is 3. The van der Waals surface area contributed by atoms with Gasteiger partial charge in [0.2, 0.25) is 0 Å².